The summed E-state index contributed by atoms with van der Waals surface area (Å²) in [6.07, 6.45) is 12.4. The molecule has 6 aliphatic carbocycles. The minimum Gasteiger partial charge on any atom is -0.456 e. The van der Waals surface area contributed by atoms with Gasteiger partial charge in [-0.2, -0.15) is 0 Å². The van der Waals surface area contributed by atoms with Crippen LogP contribution in [-0.4, -0.2) is 0 Å². The van der Waals surface area contributed by atoms with Crippen molar-refractivity contribution in [3.8, 4) is 0 Å². The zero-order chi connectivity index (χ0) is 39.5. The van der Waals surface area contributed by atoms with Crippen molar-refractivity contribution in [2.75, 3.05) is 9.80 Å². The highest BCUT2D eigenvalue weighted by atomic mass is 16.3. The molecule has 6 bridgehead atoms. The molecule has 7 aromatic rings. The van der Waals surface area contributed by atoms with Crippen molar-refractivity contribution in [2.24, 2.45) is 47.3 Å². The highest BCUT2D eigenvalue weighted by Gasteiger charge is 2.61. The van der Waals surface area contributed by atoms with E-state index in [0.717, 1.165) is 46.7 Å². The quantitative estimate of drug-likeness (QED) is 0.174. The Kier molecular flexibility index (Phi) is 6.99. The first kappa shape index (κ1) is 34.4. The SMILES string of the molecule is C[C@H]1CC2C[C@H](C1)C[C@H](C)C21c2ccccc2N(c2ccc3oc4ccc(N5c6ccccc6C6(c7ccccc75)C5C[C@H]7C[C@@H](C5)C[C@@H]6C7)cc4c3c2)c2ccccc21. The summed E-state index contributed by atoms with van der Waals surface area (Å²) < 4.78 is 6.69. The Morgan fingerprint density at radius 1 is 0.417 bits per heavy atom. The molecule has 0 saturated heterocycles. The maximum absolute atomic E-state index is 6.69. The molecular formula is C57H54N2O. The molecule has 6 fully saturated rings. The first-order chi connectivity index (χ1) is 29.5. The molecule has 8 aliphatic rings. The van der Waals surface area contributed by atoms with E-state index in [2.05, 4.69) is 157 Å². The van der Waals surface area contributed by atoms with Crippen molar-refractivity contribution in [1.29, 1.82) is 0 Å². The number of para-hydroxylation sites is 4. The van der Waals surface area contributed by atoms with Gasteiger partial charge in [0.15, 0.2) is 0 Å². The smallest absolute Gasteiger partial charge is 0.135 e. The molecule has 60 heavy (non-hydrogen) atoms. The van der Waals surface area contributed by atoms with Gasteiger partial charge in [-0.25, -0.2) is 0 Å². The minimum atomic E-state index is 0.0203. The molecule has 2 spiro atoms. The number of hydrogen-bond acceptors (Lipinski definition) is 3. The van der Waals surface area contributed by atoms with E-state index in [1.54, 1.807) is 11.1 Å². The Labute approximate surface area is 354 Å². The summed E-state index contributed by atoms with van der Waals surface area (Å²) in [5.74, 6) is 6.16. The van der Waals surface area contributed by atoms with Gasteiger partial charge in [0.05, 0.1) is 22.7 Å². The Morgan fingerprint density at radius 2 is 0.817 bits per heavy atom. The molecule has 6 saturated carbocycles. The highest BCUT2D eigenvalue weighted by molar-refractivity contribution is 6.08. The Balaban J connectivity index is 0.926. The van der Waals surface area contributed by atoms with E-state index in [1.165, 1.54) is 114 Å². The van der Waals surface area contributed by atoms with Gasteiger partial charge in [-0.1, -0.05) is 86.6 Å². The van der Waals surface area contributed by atoms with Crippen LogP contribution >= 0.6 is 0 Å². The lowest BCUT2D eigenvalue weighted by atomic mass is 9.41. The van der Waals surface area contributed by atoms with Gasteiger partial charge in [0.25, 0.3) is 0 Å². The Hall–Kier alpha value is -5.28. The predicted molar refractivity (Wildman–Crippen MR) is 245 cm³/mol. The maximum Gasteiger partial charge on any atom is 0.135 e. The molecule has 6 aromatic carbocycles. The number of benzene rings is 6. The van der Waals surface area contributed by atoms with Crippen LogP contribution < -0.4 is 9.80 Å². The summed E-state index contributed by atoms with van der Waals surface area (Å²) in [7, 11) is 0. The van der Waals surface area contributed by atoms with Gasteiger partial charge >= 0.3 is 0 Å². The number of fused-ring (bicyclic) bond motifs is 12. The van der Waals surface area contributed by atoms with Crippen molar-refractivity contribution < 1.29 is 4.42 Å². The van der Waals surface area contributed by atoms with Crippen LogP contribution in [0.2, 0.25) is 0 Å². The van der Waals surface area contributed by atoms with Crippen LogP contribution in [0.4, 0.5) is 34.1 Å². The summed E-state index contributed by atoms with van der Waals surface area (Å²) in [5, 5.41) is 2.35. The van der Waals surface area contributed by atoms with E-state index in [9.17, 15) is 0 Å². The van der Waals surface area contributed by atoms with Crippen LogP contribution in [0.25, 0.3) is 21.9 Å². The number of furan rings is 1. The first-order valence-corrected chi connectivity index (χ1v) is 23.4. The van der Waals surface area contributed by atoms with E-state index in [0.29, 0.717) is 11.8 Å². The summed E-state index contributed by atoms with van der Waals surface area (Å²) in [6.45, 7) is 5.08. The van der Waals surface area contributed by atoms with Gasteiger partial charge in [-0.05, 0) is 188 Å². The molecule has 2 aliphatic heterocycles. The molecule has 3 nitrogen and oxygen atoms in total. The fourth-order valence-corrected chi connectivity index (χ4v) is 16.4. The van der Waals surface area contributed by atoms with Crippen LogP contribution in [0.3, 0.4) is 0 Å². The second-order valence-corrected chi connectivity index (χ2v) is 20.8. The van der Waals surface area contributed by atoms with Gasteiger partial charge in [0.2, 0.25) is 0 Å². The fraction of sp³-hybridized carbons (Fsp3) is 0.368. The lowest BCUT2D eigenvalue weighted by Gasteiger charge is -2.64. The molecule has 4 atom stereocenters. The normalized spacial score (nSPS) is 29.8. The van der Waals surface area contributed by atoms with E-state index < -0.39 is 0 Å². The lowest BCUT2D eigenvalue weighted by molar-refractivity contribution is -0.0419. The van der Waals surface area contributed by atoms with Crippen LogP contribution in [-0.2, 0) is 10.8 Å². The average molecular weight is 783 g/mol. The van der Waals surface area contributed by atoms with Gasteiger partial charge in [0, 0.05) is 33.0 Å². The van der Waals surface area contributed by atoms with E-state index in [-0.39, 0.29) is 10.8 Å². The van der Waals surface area contributed by atoms with Crippen LogP contribution in [0.1, 0.15) is 93.9 Å². The third-order valence-electron chi connectivity index (χ3n) is 17.9. The highest BCUT2D eigenvalue weighted by Crippen LogP contribution is 2.70. The third kappa shape index (κ3) is 4.32. The van der Waals surface area contributed by atoms with Crippen molar-refractivity contribution in [3.63, 3.8) is 0 Å². The number of nitrogens with zero attached hydrogens (tertiary/aromatic N) is 2. The molecule has 3 heteroatoms. The van der Waals surface area contributed by atoms with Crippen molar-refractivity contribution in [2.45, 2.75) is 82.5 Å². The zero-order valence-electron chi connectivity index (χ0n) is 35.0. The van der Waals surface area contributed by atoms with E-state index >= 15 is 0 Å². The number of rotatable bonds is 2. The monoisotopic (exact) mass is 782 g/mol. The van der Waals surface area contributed by atoms with Crippen LogP contribution in [0.15, 0.2) is 138 Å². The predicted octanol–water partition coefficient (Wildman–Crippen LogP) is 15.3. The summed E-state index contributed by atoms with van der Waals surface area (Å²) in [4.78, 5) is 5.16. The van der Waals surface area contributed by atoms with Gasteiger partial charge < -0.3 is 14.2 Å². The van der Waals surface area contributed by atoms with E-state index in [4.69, 9.17) is 4.42 Å². The molecule has 0 radical (unpaired) electrons. The van der Waals surface area contributed by atoms with Gasteiger partial charge in [-0.3, -0.25) is 0 Å². The summed E-state index contributed by atoms with van der Waals surface area (Å²) in [6, 6.07) is 51.7. The summed E-state index contributed by atoms with van der Waals surface area (Å²) >= 11 is 0. The Bertz CT molecular complexity index is 2770. The second kappa shape index (κ2) is 12.2. The number of hydrogen-bond donors (Lipinski definition) is 0. The van der Waals surface area contributed by atoms with Crippen molar-refractivity contribution in [3.05, 3.63) is 156 Å². The topological polar surface area (TPSA) is 19.6 Å². The van der Waals surface area contributed by atoms with Crippen molar-refractivity contribution >= 4 is 56.1 Å². The molecule has 3 heterocycles. The summed E-state index contributed by atoms with van der Waals surface area (Å²) in [5.41, 5.74) is 16.0. The fourth-order valence-electron chi connectivity index (χ4n) is 16.4. The zero-order valence-corrected chi connectivity index (χ0v) is 35.0. The maximum atomic E-state index is 6.69. The number of anilines is 6. The Morgan fingerprint density at radius 3 is 1.28 bits per heavy atom. The van der Waals surface area contributed by atoms with Crippen LogP contribution in [0, 0.1) is 47.3 Å². The molecule has 1 aromatic heterocycles. The average Bonchev–Trinajstić information content (AvgIpc) is 3.63. The minimum absolute atomic E-state index is 0.0203. The molecule has 0 amide bonds. The van der Waals surface area contributed by atoms with Gasteiger partial charge in [0.1, 0.15) is 11.2 Å². The van der Waals surface area contributed by atoms with Crippen molar-refractivity contribution in [1.82, 2.24) is 0 Å². The second-order valence-electron chi connectivity index (χ2n) is 20.8. The van der Waals surface area contributed by atoms with Gasteiger partial charge in [-0.15, -0.1) is 0 Å². The molecular weight excluding hydrogens is 729 g/mol. The lowest BCUT2D eigenvalue weighted by Crippen LogP contribution is -2.57. The largest absolute Gasteiger partial charge is 0.456 e. The molecule has 15 rings (SSSR count). The first-order valence-electron chi connectivity index (χ1n) is 23.4. The molecule has 298 valence electrons. The third-order valence-corrected chi connectivity index (χ3v) is 17.9. The standard InChI is InChI=1S/C57H54N2O/c1-34-23-36-25-35(2)56(39(24-34)27-36)46-11-3-7-15-50(46)58(51-16-8-4-12-47(51)56)42-19-21-54-44(32-42)45-33-43(20-22-55(45)60-54)59-52-17-9-5-13-48(52)57(49-14-6-10-18-53(49)59)40-28-37-26-38(30-40)31-41(57)29-37/h3-22,32-41H,23-31H2,1-2H3/t34-,35+,36-,37-,38+,39?,40-,41?/m1/s1. The van der Waals surface area contributed by atoms with E-state index in [1.807, 2.05) is 0 Å². The van der Waals surface area contributed by atoms with Crippen LogP contribution in [0.5, 0.6) is 0 Å². The molecule has 1 unspecified atom stereocenters. The molecule has 0 N–H and O–H groups in total.